The predicted molar refractivity (Wildman–Crippen MR) is 127 cm³/mol. The molecular weight excluding hydrogens is 336 g/mol. The van der Waals surface area contributed by atoms with Crippen LogP contribution >= 0.6 is 0 Å². The van der Waals surface area contributed by atoms with Gasteiger partial charge < -0.3 is 0 Å². The standard InChI is InChI=1S/C28H54/c1-9-12-20(4)26-15-14-25(18-22(26)6)21(5)17-24(11-3)27-16-13-23(10-2)19-28(27,7)8/h20-27H,9-19H2,1-8H3. The van der Waals surface area contributed by atoms with Crippen molar-refractivity contribution in [2.75, 3.05) is 0 Å². The van der Waals surface area contributed by atoms with E-state index in [2.05, 4.69) is 55.4 Å². The van der Waals surface area contributed by atoms with Gasteiger partial charge in [0.2, 0.25) is 0 Å². The van der Waals surface area contributed by atoms with Gasteiger partial charge in [-0.25, -0.2) is 0 Å². The maximum absolute atomic E-state index is 2.61. The van der Waals surface area contributed by atoms with Gasteiger partial charge in [0.15, 0.2) is 0 Å². The van der Waals surface area contributed by atoms with Crippen LogP contribution in [0.5, 0.6) is 0 Å². The van der Waals surface area contributed by atoms with Gasteiger partial charge in [-0.05, 0) is 91.3 Å². The molecule has 2 aliphatic carbocycles. The molecule has 0 amide bonds. The molecule has 28 heavy (non-hydrogen) atoms. The summed E-state index contributed by atoms with van der Waals surface area (Å²) in [5.41, 5.74) is 0.555. The average Bonchev–Trinajstić information content (AvgIpc) is 2.65. The van der Waals surface area contributed by atoms with Crippen LogP contribution in [0.2, 0.25) is 0 Å². The second-order valence-electron chi connectivity index (χ2n) is 12.0. The lowest BCUT2D eigenvalue weighted by atomic mass is 9.58. The van der Waals surface area contributed by atoms with Gasteiger partial charge in [-0.1, -0.05) is 87.5 Å². The van der Waals surface area contributed by atoms with E-state index < -0.39 is 0 Å². The van der Waals surface area contributed by atoms with Crippen molar-refractivity contribution in [3.8, 4) is 0 Å². The van der Waals surface area contributed by atoms with Crippen LogP contribution in [0, 0.1) is 52.8 Å². The van der Waals surface area contributed by atoms with Gasteiger partial charge in [-0.15, -0.1) is 0 Å². The lowest BCUT2D eigenvalue weighted by Crippen LogP contribution is -2.38. The fourth-order valence-corrected chi connectivity index (χ4v) is 7.80. The van der Waals surface area contributed by atoms with E-state index in [1.54, 1.807) is 0 Å². The van der Waals surface area contributed by atoms with Gasteiger partial charge in [0.1, 0.15) is 0 Å². The van der Waals surface area contributed by atoms with Gasteiger partial charge in [0, 0.05) is 0 Å². The van der Waals surface area contributed by atoms with E-state index in [1.165, 1.54) is 70.6 Å². The van der Waals surface area contributed by atoms with Crippen LogP contribution in [0.25, 0.3) is 0 Å². The molecule has 0 saturated heterocycles. The molecule has 0 heterocycles. The minimum Gasteiger partial charge on any atom is -0.0654 e. The highest BCUT2D eigenvalue weighted by Crippen LogP contribution is 2.51. The molecule has 2 fully saturated rings. The Hall–Kier alpha value is 0. The molecule has 0 aliphatic heterocycles. The van der Waals surface area contributed by atoms with E-state index in [9.17, 15) is 0 Å². The Morgan fingerprint density at radius 2 is 1.64 bits per heavy atom. The molecule has 0 N–H and O–H groups in total. The predicted octanol–water partition coefficient (Wildman–Crippen LogP) is 9.38. The summed E-state index contributed by atoms with van der Waals surface area (Å²) in [5.74, 6) is 7.69. The van der Waals surface area contributed by atoms with Crippen molar-refractivity contribution < 1.29 is 0 Å². The summed E-state index contributed by atoms with van der Waals surface area (Å²) in [7, 11) is 0. The third-order valence-electron chi connectivity index (χ3n) is 9.61. The van der Waals surface area contributed by atoms with Crippen LogP contribution in [0.1, 0.15) is 126 Å². The Morgan fingerprint density at radius 3 is 2.18 bits per heavy atom. The molecule has 0 aromatic heterocycles. The first kappa shape index (κ1) is 24.3. The zero-order chi connectivity index (χ0) is 20.9. The summed E-state index contributed by atoms with van der Waals surface area (Å²) in [5, 5.41) is 0. The highest BCUT2D eigenvalue weighted by molar-refractivity contribution is 4.91. The quantitative estimate of drug-likeness (QED) is 0.368. The summed E-state index contributed by atoms with van der Waals surface area (Å²) in [6, 6.07) is 0. The van der Waals surface area contributed by atoms with Crippen molar-refractivity contribution >= 4 is 0 Å². The summed E-state index contributed by atoms with van der Waals surface area (Å²) < 4.78 is 0. The maximum atomic E-state index is 2.61. The topological polar surface area (TPSA) is 0 Å². The molecule has 0 radical (unpaired) electrons. The van der Waals surface area contributed by atoms with E-state index in [1.807, 2.05) is 0 Å². The normalized spacial score (nSPS) is 36.6. The fourth-order valence-electron chi connectivity index (χ4n) is 7.80. The summed E-state index contributed by atoms with van der Waals surface area (Å²) in [4.78, 5) is 0. The highest BCUT2D eigenvalue weighted by atomic mass is 14.5. The molecule has 0 aromatic rings. The van der Waals surface area contributed by atoms with E-state index >= 15 is 0 Å². The van der Waals surface area contributed by atoms with Crippen LogP contribution in [0.3, 0.4) is 0 Å². The first-order valence-electron chi connectivity index (χ1n) is 13.2. The molecule has 0 heteroatoms. The Bertz CT molecular complexity index is 435. The lowest BCUT2D eigenvalue weighted by Gasteiger charge is -2.47. The van der Waals surface area contributed by atoms with Crippen LogP contribution in [-0.4, -0.2) is 0 Å². The Kier molecular flexibility index (Phi) is 9.41. The van der Waals surface area contributed by atoms with Crippen molar-refractivity contribution in [1.82, 2.24) is 0 Å². The molecule has 0 aromatic carbocycles. The largest absolute Gasteiger partial charge is 0.0654 e. The molecule has 8 unspecified atom stereocenters. The lowest BCUT2D eigenvalue weighted by molar-refractivity contribution is 0.0269. The van der Waals surface area contributed by atoms with Crippen molar-refractivity contribution in [3.05, 3.63) is 0 Å². The molecule has 0 spiro atoms. The van der Waals surface area contributed by atoms with E-state index in [4.69, 9.17) is 0 Å². The second kappa shape index (κ2) is 10.9. The molecule has 2 saturated carbocycles. The Balaban J connectivity index is 1.93. The maximum Gasteiger partial charge on any atom is -0.0321 e. The minimum absolute atomic E-state index is 0.555. The van der Waals surface area contributed by atoms with Crippen LogP contribution < -0.4 is 0 Å². The third kappa shape index (κ3) is 6.01. The summed E-state index contributed by atoms with van der Waals surface area (Å²) >= 11 is 0. The molecule has 0 nitrogen and oxygen atoms in total. The molecule has 2 aliphatic rings. The van der Waals surface area contributed by atoms with Gasteiger partial charge in [0.25, 0.3) is 0 Å². The number of hydrogen-bond acceptors (Lipinski definition) is 0. The van der Waals surface area contributed by atoms with Crippen molar-refractivity contribution in [2.24, 2.45) is 52.8 Å². The monoisotopic (exact) mass is 390 g/mol. The van der Waals surface area contributed by atoms with Crippen LogP contribution in [0.4, 0.5) is 0 Å². The molecule has 2 rings (SSSR count). The molecule has 166 valence electrons. The van der Waals surface area contributed by atoms with E-state index in [-0.39, 0.29) is 0 Å². The zero-order valence-electron chi connectivity index (χ0n) is 20.9. The van der Waals surface area contributed by atoms with Gasteiger partial charge in [-0.3, -0.25) is 0 Å². The number of hydrogen-bond donors (Lipinski definition) is 0. The second-order valence-corrected chi connectivity index (χ2v) is 12.0. The van der Waals surface area contributed by atoms with E-state index in [0.717, 1.165) is 47.3 Å². The summed E-state index contributed by atoms with van der Waals surface area (Å²) in [6.45, 7) is 20.1. The first-order chi connectivity index (χ1) is 13.2. The van der Waals surface area contributed by atoms with Crippen molar-refractivity contribution in [2.45, 2.75) is 126 Å². The average molecular weight is 391 g/mol. The van der Waals surface area contributed by atoms with Crippen molar-refractivity contribution in [3.63, 3.8) is 0 Å². The third-order valence-corrected chi connectivity index (χ3v) is 9.61. The molecular formula is C28H54. The fraction of sp³-hybridized carbons (Fsp3) is 1.00. The molecule has 0 bridgehead atoms. The first-order valence-corrected chi connectivity index (χ1v) is 13.2. The zero-order valence-corrected chi connectivity index (χ0v) is 20.9. The summed E-state index contributed by atoms with van der Waals surface area (Å²) in [6.07, 6.45) is 16.0. The van der Waals surface area contributed by atoms with Gasteiger partial charge >= 0.3 is 0 Å². The Labute approximate surface area is 179 Å². The van der Waals surface area contributed by atoms with Crippen LogP contribution in [0.15, 0.2) is 0 Å². The SMILES string of the molecule is CCCC(C)C1CCC(C(C)CC(CC)C2CCC(CC)CC2(C)C)CC1C. The molecule has 8 atom stereocenters. The highest BCUT2D eigenvalue weighted by Gasteiger charge is 2.41. The van der Waals surface area contributed by atoms with Crippen molar-refractivity contribution in [1.29, 1.82) is 0 Å². The van der Waals surface area contributed by atoms with Crippen LogP contribution in [-0.2, 0) is 0 Å². The Morgan fingerprint density at radius 1 is 0.929 bits per heavy atom. The van der Waals surface area contributed by atoms with E-state index in [0.29, 0.717) is 5.41 Å². The smallest absolute Gasteiger partial charge is 0.0321 e. The van der Waals surface area contributed by atoms with Gasteiger partial charge in [-0.2, -0.15) is 0 Å². The van der Waals surface area contributed by atoms with Gasteiger partial charge in [0.05, 0.1) is 0 Å². The minimum atomic E-state index is 0.555. The number of rotatable bonds is 9.